The number of halogens is 2. The minimum Gasteiger partial charge on any atom is -0.371 e. The Hall–Kier alpha value is -1.71. The Morgan fingerprint density at radius 2 is 1.83 bits per heavy atom. The van der Waals surface area contributed by atoms with Gasteiger partial charge >= 0.3 is 0 Å². The van der Waals surface area contributed by atoms with Crippen LogP contribution in [0.2, 0.25) is 10.0 Å². The van der Waals surface area contributed by atoms with Gasteiger partial charge in [0.25, 0.3) is 0 Å². The van der Waals surface area contributed by atoms with Crippen molar-refractivity contribution in [3.63, 3.8) is 0 Å². The number of amides is 1. The van der Waals surface area contributed by atoms with Crippen LogP contribution >= 0.6 is 23.2 Å². The zero-order chi connectivity index (χ0) is 17.1. The second-order valence-corrected chi connectivity index (χ2v) is 7.13. The maximum Gasteiger partial charge on any atom is 0.228 e. The molecule has 3 rings (SSSR count). The highest BCUT2D eigenvalue weighted by molar-refractivity contribution is 6.36. The summed E-state index contributed by atoms with van der Waals surface area (Å²) in [5, 5.41) is 3.92. The van der Waals surface area contributed by atoms with Crippen molar-refractivity contribution in [2.24, 2.45) is 5.92 Å². The Morgan fingerprint density at radius 1 is 1.17 bits per heavy atom. The highest BCUT2D eigenvalue weighted by atomic mass is 35.5. The molecule has 1 amide bonds. The molecule has 0 saturated carbocycles. The van der Waals surface area contributed by atoms with Crippen LogP contribution in [-0.2, 0) is 11.2 Å². The van der Waals surface area contributed by atoms with E-state index in [1.165, 1.54) is 12.1 Å². The number of rotatable bonds is 4. The lowest BCUT2D eigenvalue weighted by molar-refractivity contribution is -0.115. The molecule has 126 valence electrons. The molecule has 1 heterocycles. The van der Waals surface area contributed by atoms with Crippen molar-refractivity contribution in [3.05, 3.63) is 58.1 Å². The van der Waals surface area contributed by atoms with Crippen molar-refractivity contribution >= 4 is 40.5 Å². The van der Waals surface area contributed by atoms with Crippen LogP contribution in [0.4, 0.5) is 11.4 Å². The lowest BCUT2D eigenvalue weighted by atomic mass is 10.1. The zero-order valence-electron chi connectivity index (χ0n) is 13.6. The number of hydrogen-bond donors (Lipinski definition) is 1. The number of benzene rings is 2. The summed E-state index contributed by atoms with van der Waals surface area (Å²) in [6.45, 7) is 4.46. The molecule has 1 fully saturated rings. The normalized spacial score (nSPS) is 17.1. The van der Waals surface area contributed by atoms with Gasteiger partial charge in [-0.3, -0.25) is 4.79 Å². The molecule has 1 N–H and O–H groups in total. The van der Waals surface area contributed by atoms with E-state index in [4.69, 9.17) is 23.2 Å². The van der Waals surface area contributed by atoms with Gasteiger partial charge in [-0.05, 0) is 54.3 Å². The first-order valence-electron chi connectivity index (χ1n) is 8.10. The molecule has 0 radical (unpaired) electrons. The molecule has 3 nitrogen and oxygen atoms in total. The van der Waals surface area contributed by atoms with Crippen molar-refractivity contribution in [3.8, 4) is 0 Å². The molecular weight excluding hydrogens is 343 g/mol. The van der Waals surface area contributed by atoms with Crippen LogP contribution in [0.1, 0.15) is 18.9 Å². The number of carbonyl (C=O) groups excluding carboxylic acids is 1. The first-order chi connectivity index (χ1) is 11.5. The van der Waals surface area contributed by atoms with Crippen LogP contribution in [-0.4, -0.2) is 19.0 Å². The fraction of sp³-hybridized carbons (Fsp3) is 0.316. The van der Waals surface area contributed by atoms with Gasteiger partial charge in [-0.25, -0.2) is 0 Å². The summed E-state index contributed by atoms with van der Waals surface area (Å²) in [6.07, 6.45) is 1.39. The Morgan fingerprint density at radius 3 is 2.42 bits per heavy atom. The summed E-state index contributed by atoms with van der Waals surface area (Å²) in [5.74, 6) is 0.609. The second-order valence-electron chi connectivity index (χ2n) is 6.31. The topological polar surface area (TPSA) is 32.3 Å². The summed E-state index contributed by atoms with van der Waals surface area (Å²) in [7, 11) is 0. The van der Waals surface area contributed by atoms with E-state index in [-0.39, 0.29) is 12.3 Å². The van der Waals surface area contributed by atoms with E-state index in [1.54, 1.807) is 18.2 Å². The zero-order valence-corrected chi connectivity index (χ0v) is 15.1. The maximum absolute atomic E-state index is 12.2. The Bertz CT molecular complexity index is 710. The molecule has 1 aliphatic rings. The summed E-state index contributed by atoms with van der Waals surface area (Å²) in [4.78, 5) is 14.6. The van der Waals surface area contributed by atoms with E-state index < -0.39 is 0 Å². The number of hydrogen-bond acceptors (Lipinski definition) is 2. The highest BCUT2D eigenvalue weighted by Gasteiger charge is 2.18. The maximum atomic E-state index is 12.2. The molecule has 24 heavy (non-hydrogen) atoms. The van der Waals surface area contributed by atoms with Crippen LogP contribution < -0.4 is 10.2 Å². The van der Waals surface area contributed by atoms with Gasteiger partial charge in [0.2, 0.25) is 5.91 Å². The Kier molecular flexibility index (Phi) is 5.32. The summed E-state index contributed by atoms with van der Waals surface area (Å²) in [5.41, 5.74) is 2.63. The quantitative estimate of drug-likeness (QED) is 0.827. The fourth-order valence-electron chi connectivity index (χ4n) is 2.99. The molecule has 1 saturated heterocycles. The Balaban J connectivity index is 1.62. The van der Waals surface area contributed by atoms with E-state index in [9.17, 15) is 4.79 Å². The van der Waals surface area contributed by atoms with E-state index in [1.807, 2.05) is 12.1 Å². The highest BCUT2D eigenvalue weighted by Crippen LogP contribution is 2.26. The number of nitrogens with one attached hydrogen (secondary N) is 1. The van der Waals surface area contributed by atoms with Gasteiger partial charge in [-0.15, -0.1) is 0 Å². The molecule has 0 spiro atoms. The first-order valence-corrected chi connectivity index (χ1v) is 8.86. The van der Waals surface area contributed by atoms with Gasteiger partial charge in [-0.1, -0.05) is 36.2 Å². The van der Waals surface area contributed by atoms with Crippen LogP contribution in [0.5, 0.6) is 0 Å². The molecule has 2 aromatic rings. The van der Waals surface area contributed by atoms with Gasteiger partial charge < -0.3 is 10.2 Å². The molecular formula is C19H20Cl2N2O. The number of carbonyl (C=O) groups is 1. The SMILES string of the molecule is CC1CCN(c2ccc(NC(=O)Cc3c(Cl)cccc3Cl)cc2)C1. The van der Waals surface area contributed by atoms with E-state index in [0.717, 1.165) is 24.7 Å². The van der Waals surface area contributed by atoms with Gasteiger partial charge in [0.1, 0.15) is 0 Å². The van der Waals surface area contributed by atoms with Crippen molar-refractivity contribution < 1.29 is 4.79 Å². The average Bonchev–Trinajstić information content (AvgIpc) is 2.98. The standard InChI is InChI=1S/C19H20Cl2N2O/c1-13-9-10-23(12-13)15-7-5-14(6-8-15)22-19(24)11-16-17(20)3-2-4-18(16)21/h2-8,13H,9-12H2,1H3,(H,22,24). The third kappa shape index (κ3) is 4.03. The third-order valence-corrected chi connectivity index (χ3v) is 5.05. The molecule has 0 bridgehead atoms. The van der Waals surface area contributed by atoms with E-state index >= 15 is 0 Å². The second kappa shape index (κ2) is 7.45. The van der Waals surface area contributed by atoms with Gasteiger partial charge in [0, 0.05) is 34.5 Å². The summed E-state index contributed by atoms with van der Waals surface area (Å²) >= 11 is 12.2. The van der Waals surface area contributed by atoms with Crippen LogP contribution in [0.15, 0.2) is 42.5 Å². The number of nitrogens with zero attached hydrogens (tertiary/aromatic N) is 1. The summed E-state index contributed by atoms with van der Waals surface area (Å²) in [6, 6.07) is 13.2. The lowest BCUT2D eigenvalue weighted by Crippen LogP contribution is -2.19. The third-order valence-electron chi connectivity index (χ3n) is 4.34. The minimum absolute atomic E-state index is 0.132. The summed E-state index contributed by atoms with van der Waals surface area (Å²) < 4.78 is 0. The smallest absolute Gasteiger partial charge is 0.228 e. The monoisotopic (exact) mass is 362 g/mol. The molecule has 1 aliphatic heterocycles. The Labute approximate surface area is 152 Å². The molecule has 0 aliphatic carbocycles. The van der Waals surface area contributed by atoms with Gasteiger partial charge in [0.15, 0.2) is 0 Å². The van der Waals surface area contributed by atoms with Crippen molar-refractivity contribution in [1.82, 2.24) is 0 Å². The predicted molar refractivity (Wildman–Crippen MR) is 101 cm³/mol. The van der Waals surface area contributed by atoms with Crippen LogP contribution in [0, 0.1) is 5.92 Å². The van der Waals surface area contributed by atoms with E-state index in [2.05, 4.69) is 29.3 Å². The fourth-order valence-corrected chi connectivity index (χ4v) is 3.52. The first kappa shape index (κ1) is 17.1. The largest absolute Gasteiger partial charge is 0.371 e. The molecule has 0 aromatic heterocycles. The molecule has 1 atom stereocenters. The lowest BCUT2D eigenvalue weighted by Gasteiger charge is -2.18. The van der Waals surface area contributed by atoms with Crippen molar-refractivity contribution in [2.75, 3.05) is 23.3 Å². The predicted octanol–water partition coefficient (Wildman–Crippen LogP) is 5.02. The van der Waals surface area contributed by atoms with E-state index in [0.29, 0.717) is 15.6 Å². The number of anilines is 2. The van der Waals surface area contributed by atoms with Gasteiger partial charge in [-0.2, -0.15) is 0 Å². The van der Waals surface area contributed by atoms with Crippen LogP contribution in [0.3, 0.4) is 0 Å². The molecule has 5 heteroatoms. The van der Waals surface area contributed by atoms with Gasteiger partial charge in [0.05, 0.1) is 6.42 Å². The molecule has 2 aromatic carbocycles. The average molecular weight is 363 g/mol. The molecule has 1 unspecified atom stereocenters. The minimum atomic E-state index is -0.132. The van der Waals surface area contributed by atoms with Crippen molar-refractivity contribution in [2.45, 2.75) is 19.8 Å². The van der Waals surface area contributed by atoms with Crippen LogP contribution in [0.25, 0.3) is 0 Å². The van der Waals surface area contributed by atoms with Crippen molar-refractivity contribution in [1.29, 1.82) is 0 Å².